The van der Waals surface area contributed by atoms with Crippen LogP contribution in [0.2, 0.25) is 10.0 Å². The first-order valence-electron chi connectivity index (χ1n) is 8.00. The summed E-state index contributed by atoms with van der Waals surface area (Å²) in [6.45, 7) is 0.674. The van der Waals surface area contributed by atoms with Gasteiger partial charge in [-0.1, -0.05) is 41.4 Å². The molecule has 2 aromatic rings. The molecule has 0 radical (unpaired) electrons. The minimum absolute atomic E-state index is 0.0461. The van der Waals surface area contributed by atoms with Gasteiger partial charge in [-0.05, 0) is 48.2 Å². The number of carbonyl (C=O) groups excluding carboxylic acids is 1. The van der Waals surface area contributed by atoms with Crippen LogP contribution in [0.25, 0.3) is 0 Å². The van der Waals surface area contributed by atoms with Crippen molar-refractivity contribution in [2.24, 2.45) is 0 Å². The molecule has 0 aromatic heterocycles. The van der Waals surface area contributed by atoms with Gasteiger partial charge in [0.1, 0.15) is 5.75 Å². The highest BCUT2D eigenvalue weighted by Gasteiger charge is 2.05. The van der Waals surface area contributed by atoms with Crippen LogP contribution < -0.4 is 10.1 Å². The van der Waals surface area contributed by atoms with E-state index in [-0.39, 0.29) is 5.91 Å². The van der Waals surface area contributed by atoms with Crippen molar-refractivity contribution >= 4 is 40.9 Å². The van der Waals surface area contributed by atoms with Crippen LogP contribution in [-0.4, -0.2) is 25.3 Å². The number of benzene rings is 2. The minimum Gasteiger partial charge on any atom is -0.497 e. The third-order valence-electron chi connectivity index (χ3n) is 3.63. The third-order valence-corrected chi connectivity index (χ3v) is 5.20. The number of hydrogen-bond donors (Lipinski definition) is 1. The van der Waals surface area contributed by atoms with Crippen molar-refractivity contribution < 1.29 is 9.53 Å². The molecule has 0 bridgehead atoms. The average Bonchev–Trinajstić information content (AvgIpc) is 2.61. The Balaban J connectivity index is 1.60. The van der Waals surface area contributed by atoms with Gasteiger partial charge < -0.3 is 10.1 Å². The summed E-state index contributed by atoms with van der Waals surface area (Å²) in [5.74, 6) is 2.01. The lowest BCUT2D eigenvalue weighted by atomic mass is 10.1. The van der Waals surface area contributed by atoms with Crippen LogP contribution in [0, 0.1) is 0 Å². The lowest BCUT2D eigenvalue weighted by Crippen LogP contribution is -2.26. The molecule has 3 nitrogen and oxygen atoms in total. The predicted octanol–water partition coefficient (Wildman–Crippen LogP) is 4.98. The van der Waals surface area contributed by atoms with Crippen LogP contribution in [0.5, 0.6) is 5.75 Å². The van der Waals surface area contributed by atoms with Crippen LogP contribution in [0.1, 0.15) is 17.5 Å². The Labute approximate surface area is 163 Å². The molecule has 134 valence electrons. The highest BCUT2D eigenvalue weighted by atomic mass is 35.5. The summed E-state index contributed by atoms with van der Waals surface area (Å²) in [6, 6.07) is 13.4. The summed E-state index contributed by atoms with van der Waals surface area (Å²) in [5, 5.41) is 4.20. The number of nitrogens with one attached hydrogen (secondary N) is 1. The maximum atomic E-state index is 11.9. The fourth-order valence-electron chi connectivity index (χ4n) is 2.26. The van der Waals surface area contributed by atoms with Crippen molar-refractivity contribution in [1.29, 1.82) is 0 Å². The smallest absolute Gasteiger partial charge is 0.230 e. The molecule has 0 heterocycles. The topological polar surface area (TPSA) is 38.3 Å². The first kappa shape index (κ1) is 20.0. The Kier molecular flexibility index (Phi) is 8.45. The third kappa shape index (κ3) is 7.18. The van der Waals surface area contributed by atoms with Crippen molar-refractivity contribution in [2.75, 3.05) is 19.4 Å². The first-order valence-corrected chi connectivity index (χ1v) is 9.91. The van der Waals surface area contributed by atoms with Crippen LogP contribution >= 0.6 is 35.0 Å². The van der Waals surface area contributed by atoms with Gasteiger partial charge in [0.15, 0.2) is 0 Å². The number of aryl methyl sites for hydroxylation is 1. The van der Waals surface area contributed by atoms with Gasteiger partial charge in [-0.2, -0.15) is 0 Å². The molecule has 0 saturated heterocycles. The maximum absolute atomic E-state index is 11.9. The van der Waals surface area contributed by atoms with Crippen LogP contribution in [0.3, 0.4) is 0 Å². The molecule has 2 aromatic carbocycles. The fraction of sp³-hybridized carbons (Fsp3) is 0.316. The molecule has 0 fully saturated rings. The molecule has 1 amide bonds. The van der Waals surface area contributed by atoms with E-state index in [1.165, 1.54) is 17.3 Å². The van der Waals surface area contributed by atoms with Crippen molar-refractivity contribution in [3.05, 3.63) is 63.6 Å². The Morgan fingerprint density at radius 1 is 1.16 bits per heavy atom. The van der Waals surface area contributed by atoms with E-state index in [0.717, 1.165) is 24.2 Å². The molecule has 0 aliphatic rings. The fourth-order valence-corrected chi connectivity index (χ4v) is 3.67. The second-order valence-corrected chi connectivity index (χ2v) is 7.36. The number of halogens is 2. The molecule has 6 heteroatoms. The van der Waals surface area contributed by atoms with Gasteiger partial charge >= 0.3 is 0 Å². The standard InChI is InChI=1S/C19H21Cl2NO2S/c1-24-17-8-4-14(5-9-17)3-2-10-22-19(23)13-25-12-15-6-7-16(20)11-18(15)21/h4-9,11H,2-3,10,12-13H2,1H3,(H,22,23). The molecule has 0 spiro atoms. The highest BCUT2D eigenvalue weighted by Crippen LogP contribution is 2.24. The SMILES string of the molecule is COc1ccc(CCCNC(=O)CSCc2ccc(Cl)cc2Cl)cc1. The number of thioether (sulfide) groups is 1. The van der Waals surface area contributed by atoms with Gasteiger partial charge in [-0.3, -0.25) is 4.79 Å². The number of hydrogen-bond acceptors (Lipinski definition) is 3. The Bertz CT molecular complexity index is 692. The monoisotopic (exact) mass is 397 g/mol. The van der Waals surface area contributed by atoms with Gasteiger partial charge in [-0.25, -0.2) is 0 Å². The lowest BCUT2D eigenvalue weighted by Gasteiger charge is -2.07. The summed E-state index contributed by atoms with van der Waals surface area (Å²) in [5.41, 5.74) is 2.23. The zero-order valence-electron chi connectivity index (χ0n) is 14.1. The normalized spacial score (nSPS) is 10.5. The first-order chi connectivity index (χ1) is 12.1. The summed E-state index contributed by atoms with van der Waals surface area (Å²) < 4.78 is 5.13. The number of methoxy groups -OCH3 is 1. The quantitative estimate of drug-likeness (QED) is 0.605. The second kappa shape index (κ2) is 10.6. The minimum atomic E-state index is 0.0461. The number of rotatable bonds is 9. The van der Waals surface area contributed by atoms with E-state index in [2.05, 4.69) is 5.32 Å². The van der Waals surface area contributed by atoms with E-state index >= 15 is 0 Å². The van der Waals surface area contributed by atoms with E-state index < -0.39 is 0 Å². The molecule has 0 aliphatic carbocycles. The molecule has 0 atom stereocenters. The highest BCUT2D eigenvalue weighted by molar-refractivity contribution is 7.99. The zero-order valence-corrected chi connectivity index (χ0v) is 16.4. The van der Waals surface area contributed by atoms with Crippen molar-refractivity contribution in [1.82, 2.24) is 5.32 Å². The summed E-state index contributed by atoms with van der Waals surface area (Å²) >= 11 is 13.5. The van der Waals surface area contributed by atoms with E-state index in [0.29, 0.717) is 28.1 Å². The van der Waals surface area contributed by atoms with Gasteiger partial charge in [-0.15, -0.1) is 11.8 Å². The zero-order chi connectivity index (χ0) is 18.1. The van der Waals surface area contributed by atoms with Crippen LogP contribution in [0.15, 0.2) is 42.5 Å². The number of ether oxygens (including phenoxy) is 1. The number of amides is 1. The van der Waals surface area contributed by atoms with Gasteiger partial charge in [0, 0.05) is 22.3 Å². The Morgan fingerprint density at radius 2 is 1.92 bits per heavy atom. The maximum Gasteiger partial charge on any atom is 0.230 e. The largest absolute Gasteiger partial charge is 0.497 e. The Morgan fingerprint density at radius 3 is 2.60 bits per heavy atom. The van der Waals surface area contributed by atoms with Crippen LogP contribution in [0.4, 0.5) is 0 Å². The second-order valence-electron chi connectivity index (χ2n) is 5.53. The molecule has 2 rings (SSSR count). The van der Waals surface area contributed by atoms with Crippen molar-refractivity contribution in [3.63, 3.8) is 0 Å². The predicted molar refractivity (Wildman–Crippen MR) is 107 cm³/mol. The summed E-state index contributed by atoms with van der Waals surface area (Å²) in [7, 11) is 1.66. The molecule has 0 aliphatic heterocycles. The Hall–Kier alpha value is -1.36. The van der Waals surface area contributed by atoms with Crippen molar-refractivity contribution in [2.45, 2.75) is 18.6 Å². The summed E-state index contributed by atoms with van der Waals surface area (Å²) in [4.78, 5) is 11.9. The average molecular weight is 398 g/mol. The van der Waals surface area contributed by atoms with Gasteiger partial charge in [0.25, 0.3) is 0 Å². The van der Waals surface area contributed by atoms with E-state index in [1.807, 2.05) is 36.4 Å². The van der Waals surface area contributed by atoms with Gasteiger partial charge in [0.05, 0.1) is 12.9 Å². The van der Waals surface area contributed by atoms with E-state index in [4.69, 9.17) is 27.9 Å². The summed E-state index contributed by atoms with van der Waals surface area (Å²) in [6.07, 6.45) is 1.84. The lowest BCUT2D eigenvalue weighted by molar-refractivity contribution is -0.118. The molecule has 25 heavy (non-hydrogen) atoms. The van der Waals surface area contributed by atoms with E-state index in [1.54, 1.807) is 13.2 Å². The van der Waals surface area contributed by atoms with Gasteiger partial charge in [0.2, 0.25) is 5.91 Å². The molecular weight excluding hydrogens is 377 g/mol. The molecular formula is C19H21Cl2NO2S. The molecule has 1 N–H and O–H groups in total. The van der Waals surface area contributed by atoms with E-state index in [9.17, 15) is 4.79 Å². The molecule has 0 saturated carbocycles. The molecule has 0 unspecified atom stereocenters. The number of carbonyl (C=O) groups is 1. The van der Waals surface area contributed by atoms with Crippen molar-refractivity contribution in [3.8, 4) is 5.75 Å². The van der Waals surface area contributed by atoms with Crippen LogP contribution in [-0.2, 0) is 17.0 Å².